The number of hydrogen-bond acceptors (Lipinski definition) is 4. The van der Waals surface area contributed by atoms with Crippen LogP contribution in [-0.4, -0.2) is 36.0 Å². The number of benzene rings is 1. The molecule has 116 valence electrons. The number of amides is 1. The van der Waals surface area contributed by atoms with Gasteiger partial charge in [-0.15, -0.1) is 0 Å². The van der Waals surface area contributed by atoms with Gasteiger partial charge in [0, 0.05) is 31.3 Å². The molecule has 5 heteroatoms. The minimum absolute atomic E-state index is 0.0487. The molecular weight excluding hydrogens is 268 g/mol. The first-order valence-corrected chi connectivity index (χ1v) is 7.02. The molecule has 5 nitrogen and oxygen atoms in total. The van der Waals surface area contributed by atoms with E-state index in [-0.39, 0.29) is 11.9 Å². The number of nitrogens with two attached hydrogens (primary N) is 1. The van der Waals surface area contributed by atoms with Crippen LogP contribution in [0.15, 0.2) is 24.3 Å². The fourth-order valence-electron chi connectivity index (χ4n) is 1.72. The van der Waals surface area contributed by atoms with Gasteiger partial charge in [-0.3, -0.25) is 4.79 Å². The second-order valence-electron chi connectivity index (χ2n) is 6.05. The zero-order valence-electron chi connectivity index (χ0n) is 13.2. The molecular formula is C16H24N2O3. The monoisotopic (exact) mass is 292 g/mol. The highest BCUT2D eigenvalue weighted by Gasteiger charge is 2.19. The number of ether oxygens (including phenoxy) is 1. The normalized spacial score (nSPS) is 11.0. The molecule has 2 N–H and O–H groups in total. The highest BCUT2D eigenvalue weighted by molar-refractivity contribution is 5.96. The minimum Gasteiger partial charge on any atom is -0.444 e. The van der Waals surface area contributed by atoms with Crippen molar-refractivity contribution >= 4 is 17.6 Å². The molecule has 1 rings (SSSR count). The van der Waals surface area contributed by atoms with Crippen LogP contribution in [0.25, 0.3) is 0 Å². The molecule has 0 heterocycles. The summed E-state index contributed by atoms with van der Waals surface area (Å²) >= 11 is 0. The summed E-state index contributed by atoms with van der Waals surface area (Å²) in [5.74, 6) is 0.0487. The SMILES string of the molecule is CN(CCCC(=O)c1ccc(N)cc1)C(=O)OC(C)(C)C. The Morgan fingerprint density at radius 1 is 1.19 bits per heavy atom. The molecule has 0 fully saturated rings. The van der Waals surface area contributed by atoms with Crippen molar-refractivity contribution in [2.45, 2.75) is 39.2 Å². The van der Waals surface area contributed by atoms with Crippen LogP contribution in [0, 0.1) is 0 Å². The summed E-state index contributed by atoms with van der Waals surface area (Å²) in [4.78, 5) is 25.2. The maximum absolute atomic E-state index is 12.0. The van der Waals surface area contributed by atoms with Crippen molar-refractivity contribution in [1.29, 1.82) is 0 Å². The maximum Gasteiger partial charge on any atom is 0.410 e. The molecule has 0 saturated carbocycles. The second kappa shape index (κ2) is 7.11. The van der Waals surface area contributed by atoms with Crippen LogP contribution in [0.1, 0.15) is 44.0 Å². The van der Waals surface area contributed by atoms with E-state index in [1.165, 1.54) is 4.90 Å². The van der Waals surface area contributed by atoms with E-state index in [0.717, 1.165) is 0 Å². The number of carbonyl (C=O) groups excluding carboxylic acids is 2. The van der Waals surface area contributed by atoms with E-state index < -0.39 is 5.60 Å². The molecule has 0 radical (unpaired) electrons. The Labute approximate surface area is 126 Å². The average Bonchev–Trinajstić information content (AvgIpc) is 2.37. The van der Waals surface area contributed by atoms with Gasteiger partial charge in [0.1, 0.15) is 5.60 Å². The van der Waals surface area contributed by atoms with Gasteiger partial charge in [0.05, 0.1) is 0 Å². The van der Waals surface area contributed by atoms with Gasteiger partial charge in [-0.2, -0.15) is 0 Å². The van der Waals surface area contributed by atoms with Crippen molar-refractivity contribution in [3.8, 4) is 0 Å². The molecule has 1 aromatic rings. The van der Waals surface area contributed by atoms with Crippen LogP contribution in [0.3, 0.4) is 0 Å². The third-order valence-corrected chi connectivity index (χ3v) is 2.84. The summed E-state index contributed by atoms with van der Waals surface area (Å²) in [6.45, 7) is 5.95. The van der Waals surface area contributed by atoms with E-state index in [9.17, 15) is 9.59 Å². The van der Waals surface area contributed by atoms with Crippen molar-refractivity contribution in [2.75, 3.05) is 19.3 Å². The van der Waals surface area contributed by atoms with E-state index in [1.54, 1.807) is 31.3 Å². The Bertz CT molecular complexity index is 489. The Balaban J connectivity index is 2.37. The lowest BCUT2D eigenvalue weighted by Gasteiger charge is -2.24. The lowest BCUT2D eigenvalue weighted by atomic mass is 10.1. The van der Waals surface area contributed by atoms with Gasteiger partial charge in [0.25, 0.3) is 0 Å². The van der Waals surface area contributed by atoms with Crippen LogP contribution < -0.4 is 5.73 Å². The quantitative estimate of drug-likeness (QED) is 0.668. The lowest BCUT2D eigenvalue weighted by molar-refractivity contribution is 0.0295. The van der Waals surface area contributed by atoms with Gasteiger partial charge in [-0.05, 0) is 51.5 Å². The minimum atomic E-state index is -0.509. The molecule has 21 heavy (non-hydrogen) atoms. The molecule has 0 bridgehead atoms. The predicted molar refractivity (Wildman–Crippen MR) is 83.3 cm³/mol. The number of nitrogens with zero attached hydrogens (tertiary/aromatic N) is 1. The number of rotatable bonds is 5. The number of anilines is 1. The van der Waals surface area contributed by atoms with E-state index in [4.69, 9.17) is 10.5 Å². The topological polar surface area (TPSA) is 72.6 Å². The van der Waals surface area contributed by atoms with E-state index in [0.29, 0.717) is 30.6 Å². The fourth-order valence-corrected chi connectivity index (χ4v) is 1.72. The Kier molecular flexibility index (Phi) is 5.76. The highest BCUT2D eigenvalue weighted by Crippen LogP contribution is 2.11. The van der Waals surface area contributed by atoms with Crippen LogP contribution in [0.2, 0.25) is 0 Å². The van der Waals surface area contributed by atoms with E-state index >= 15 is 0 Å². The Morgan fingerprint density at radius 2 is 1.76 bits per heavy atom. The first kappa shape index (κ1) is 17.0. The Hall–Kier alpha value is -2.04. The van der Waals surface area contributed by atoms with E-state index in [1.807, 2.05) is 20.8 Å². The Morgan fingerprint density at radius 3 is 2.29 bits per heavy atom. The molecule has 1 aromatic carbocycles. The predicted octanol–water partition coefficient (Wildman–Crippen LogP) is 3.10. The van der Waals surface area contributed by atoms with Crippen molar-refractivity contribution in [3.63, 3.8) is 0 Å². The van der Waals surface area contributed by atoms with Crippen LogP contribution in [0.4, 0.5) is 10.5 Å². The molecule has 0 spiro atoms. The van der Waals surface area contributed by atoms with Gasteiger partial charge >= 0.3 is 6.09 Å². The lowest BCUT2D eigenvalue weighted by Crippen LogP contribution is -2.34. The summed E-state index contributed by atoms with van der Waals surface area (Å²) in [5, 5.41) is 0. The standard InChI is InChI=1S/C16H24N2O3/c1-16(2,3)21-15(20)18(4)11-5-6-14(19)12-7-9-13(17)10-8-12/h7-10H,5-6,11,17H2,1-4H3. The van der Waals surface area contributed by atoms with Crippen LogP contribution in [-0.2, 0) is 4.74 Å². The molecule has 0 unspecified atom stereocenters. The van der Waals surface area contributed by atoms with Crippen LogP contribution in [0.5, 0.6) is 0 Å². The van der Waals surface area contributed by atoms with Crippen molar-refractivity contribution in [2.24, 2.45) is 0 Å². The van der Waals surface area contributed by atoms with Crippen molar-refractivity contribution < 1.29 is 14.3 Å². The highest BCUT2D eigenvalue weighted by atomic mass is 16.6. The number of Topliss-reactive ketones (excluding diaryl/α,β-unsaturated/α-hetero) is 1. The molecule has 0 aliphatic rings. The number of nitrogen functional groups attached to an aromatic ring is 1. The van der Waals surface area contributed by atoms with Gasteiger partial charge in [-0.25, -0.2) is 4.79 Å². The average molecular weight is 292 g/mol. The number of ketones is 1. The number of carbonyl (C=O) groups is 2. The summed E-state index contributed by atoms with van der Waals surface area (Å²) in [5.41, 5.74) is 6.35. The molecule has 1 amide bonds. The van der Waals surface area contributed by atoms with Crippen molar-refractivity contribution in [1.82, 2.24) is 4.90 Å². The van der Waals surface area contributed by atoms with Crippen LogP contribution >= 0.6 is 0 Å². The summed E-state index contributed by atoms with van der Waals surface area (Å²) in [6.07, 6.45) is 0.609. The van der Waals surface area contributed by atoms with Crippen molar-refractivity contribution in [3.05, 3.63) is 29.8 Å². The van der Waals surface area contributed by atoms with Gasteiger partial charge in [0.2, 0.25) is 0 Å². The molecule has 0 atom stereocenters. The molecule has 0 saturated heterocycles. The largest absolute Gasteiger partial charge is 0.444 e. The molecule has 0 aromatic heterocycles. The van der Waals surface area contributed by atoms with Gasteiger partial charge in [-0.1, -0.05) is 0 Å². The summed E-state index contributed by atoms with van der Waals surface area (Å²) in [6, 6.07) is 6.85. The smallest absolute Gasteiger partial charge is 0.410 e. The third-order valence-electron chi connectivity index (χ3n) is 2.84. The van der Waals surface area contributed by atoms with E-state index in [2.05, 4.69) is 0 Å². The molecule has 0 aliphatic heterocycles. The first-order chi connectivity index (χ1) is 9.69. The van der Waals surface area contributed by atoms with Gasteiger partial charge < -0.3 is 15.4 Å². The summed E-state index contributed by atoms with van der Waals surface area (Å²) in [7, 11) is 1.67. The zero-order chi connectivity index (χ0) is 16.0. The fraction of sp³-hybridized carbons (Fsp3) is 0.500. The summed E-state index contributed by atoms with van der Waals surface area (Å²) < 4.78 is 5.24. The number of hydrogen-bond donors (Lipinski definition) is 1. The third kappa shape index (κ3) is 6.29. The van der Waals surface area contributed by atoms with Gasteiger partial charge in [0.15, 0.2) is 5.78 Å². The first-order valence-electron chi connectivity index (χ1n) is 7.02. The molecule has 0 aliphatic carbocycles. The maximum atomic E-state index is 12.0. The second-order valence-corrected chi connectivity index (χ2v) is 6.05. The zero-order valence-corrected chi connectivity index (χ0v) is 13.2.